The molecule has 0 radical (unpaired) electrons. The first-order valence-corrected chi connectivity index (χ1v) is 4.79. The summed E-state index contributed by atoms with van der Waals surface area (Å²) in [6, 6.07) is 2.58. The zero-order chi connectivity index (χ0) is 7.73. The Balaban J connectivity index is 2.20. The SMILES string of the molecule is N#C[C@]12CCCC[C@H]1CCC2. The molecule has 2 rings (SSSR count). The molecule has 0 aromatic heterocycles. The lowest BCUT2D eigenvalue weighted by molar-refractivity contribution is 0.197. The number of nitriles is 1. The molecule has 2 atom stereocenters. The third kappa shape index (κ3) is 0.965. The van der Waals surface area contributed by atoms with E-state index in [1.165, 1.54) is 44.9 Å². The topological polar surface area (TPSA) is 23.8 Å². The summed E-state index contributed by atoms with van der Waals surface area (Å²) >= 11 is 0. The fraction of sp³-hybridized carbons (Fsp3) is 0.900. The van der Waals surface area contributed by atoms with Crippen molar-refractivity contribution in [1.82, 2.24) is 0 Å². The molecule has 0 unspecified atom stereocenters. The molecule has 0 amide bonds. The lowest BCUT2D eigenvalue weighted by Crippen LogP contribution is -2.27. The predicted molar refractivity (Wildman–Crippen MR) is 43.9 cm³/mol. The van der Waals surface area contributed by atoms with E-state index in [-0.39, 0.29) is 5.41 Å². The van der Waals surface area contributed by atoms with E-state index < -0.39 is 0 Å². The van der Waals surface area contributed by atoms with E-state index in [4.69, 9.17) is 5.26 Å². The number of fused-ring (bicyclic) bond motifs is 1. The van der Waals surface area contributed by atoms with E-state index >= 15 is 0 Å². The van der Waals surface area contributed by atoms with Crippen molar-refractivity contribution in [2.24, 2.45) is 11.3 Å². The first-order chi connectivity index (χ1) is 5.37. The molecule has 2 saturated carbocycles. The second-order valence-corrected chi connectivity index (χ2v) is 4.10. The van der Waals surface area contributed by atoms with Gasteiger partial charge in [-0.15, -0.1) is 0 Å². The second kappa shape index (κ2) is 2.52. The van der Waals surface area contributed by atoms with Crippen LogP contribution >= 0.6 is 0 Å². The fourth-order valence-electron chi connectivity index (χ4n) is 2.93. The highest BCUT2D eigenvalue weighted by molar-refractivity contribution is 5.07. The van der Waals surface area contributed by atoms with Crippen LogP contribution in [0.3, 0.4) is 0 Å². The fourth-order valence-corrected chi connectivity index (χ4v) is 2.93. The van der Waals surface area contributed by atoms with Gasteiger partial charge in [0.1, 0.15) is 0 Å². The minimum absolute atomic E-state index is 0.137. The van der Waals surface area contributed by atoms with Crippen molar-refractivity contribution in [1.29, 1.82) is 5.26 Å². The maximum atomic E-state index is 9.10. The highest BCUT2D eigenvalue weighted by atomic mass is 14.5. The zero-order valence-electron chi connectivity index (χ0n) is 6.97. The molecule has 2 aliphatic rings. The quantitative estimate of drug-likeness (QED) is 0.519. The molecule has 0 aromatic rings. The first kappa shape index (κ1) is 7.16. The molecule has 0 saturated heterocycles. The van der Waals surface area contributed by atoms with Crippen LogP contribution in [-0.2, 0) is 0 Å². The van der Waals surface area contributed by atoms with Gasteiger partial charge in [-0.1, -0.05) is 19.3 Å². The summed E-state index contributed by atoms with van der Waals surface area (Å²) < 4.78 is 0. The van der Waals surface area contributed by atoms with Crippen LogP contribution in [-0.4, -0.2) is 0 Å². The molecule has 11 heavy (non-hydrogen) atoms. The van der Waals surface area contributed by atoms with Gasteiger partial charge < -0.3 is 0 Å². The van der Waals surface area contributed by atoms with Crippen LogP contribution in [0, 0.1) is 22.7 Å². The molecule has 0 N–H and O–H groups in total. The summed E-state index contributed by atoms with van der Waals surface area (Å²) in [6.07, 6.45) is 9.00. The molecule has 0 aromatic carbocycles. The van der Waals surface area contributed by atoms with E-state index in [0.717, 1.165) is 5.92 Å². The zero-order valence-corrected chi connectivity index (χ0v) is 6.97. The van der Waals surface area contributed by atoms with Crippen molar-refractivity contribution < 1.29 is 0 Å². The average Bonchev–Trinajstić information content (AvgIpc) is 2.48. The van der Waals surface area contributed by atoms with Gasteiger partial charge in [-0.3, -0.25) is 0 Å². The molecule has 0 heterocycles. The lowest BCUT2D eigenvalue weighted by atomic mass is 9.69. The maximum Gasteiger partial charge on any atom is 0.0692 e. The Kier molecular flexibility index (Phi) is 1.64. The van der Waals surface area contributed by atoms with Gasteiger partial charge in [-0.2, -0.15) is 5.26 Å². The molecule has 1 nitrogen and oxygen atoms in total. The van der Waals surface area contributed by atoms with Crippen molar-refractivity contribution in [3.05, 3.63) is 0 Å². The minimum atomic E-state index is 0.137. The van der Waals surface area contributed by atoms with E-state index in [2.05, 4.69) is 6.07 Å². The highest BCUT2D eigenvalue weighted by Gasteiger charge is 2.44. The van der Waals surface area contributed by atoms with Gasteiger partial charge in [0.05, 0.1) is 11.5 Å². The molecule has 2 aliphatic carbocycles. The standard InChI is InChI=1S/C10H15N/c11-8-10-6-2-1-4-9(10)5-3-7-10/h9H,1-7H2/t9-,10+/m0/s1. The highest BCUT2D eigenvalue weighted by Crippen LogP contribution is 2.51. The molecule has 0 aliphatic heterocycles. The van der Waals surface area contributed by atoms with Gasteiger partial charge in [0, 0.05) is 0 Å². The second-order valence-electron chi connectivity index (χ2n) is 4.10. The first-order valence-electron chi connectivity index (χ1n) is 4.79. The van der Waals surface area contributed by atoms with E-state index in [1.807, 2.05) is 0 Å². The number of nitrogens with zero attached hydrogens (tertiary/aromatic N) is 1. The van der Waals surface area contributed by atoms with E-state index in [9.17, 15) is 0 Å². The normalized spacial score (nSPS) is 43.0. The third-order valence-corrected chi connectivity index (χ3v) is 3.61. The van der Waals surface area contributed by atoms with Crippen LogP contribution < -0.4 is 0 Å². The van der Waals surface area contributed by atoms with Gasteiger partial charge in [-0.05, 0) is 31.6 Å². The summed E-state index contributed by atoms with van der Waals surface area (Å²) in [5.41, 5.74) is 0.137. The van der Waals surface area contributed by atoms with Crippen molar-refractivity contribution in [2.75, 3.05) is 0 Å². The van der Waals surface area contributed by atoms with Crippen LogP contribution in [0.25, 0.3) is 0 Å². The van der Waals surface area contributed by atoms with Crippen LogP contribution in [0.2, 0.25) is 0 Å². The lowest BCUT2D eigenvalue weighted by Gasteiger charge is -2.32. The van der Waals surface area contributed by atoms with Crippen molar-refractivity contribution in [3.8, 4) is 6.07 Å². The van der Waals surface area contributed by atoms with Crippen LogP contribution in [0.1, 0.15) is 44.9 Å². The molecule has 1 heteroatoms. The summed E-state index contributed by atoms with van der Waals surface area (Å²) in [7, 11) is 0. The molecular formula is C10H15N. The summed E-state index contributed by atoms with van der Waals surface area (Å²) in [6.45, 7) is 0. The molecule has 0 spiro atoms. The maximum absolute atomic E-state index is 9.10. The Hall–Kier alpha value is -0.510. The number of hydrogen-bond donors (Lipinski definition) is 0. The smallest absolute Gasteiger partial charge is 0.0692 e. The van der Waals surface area contributed by atoms with E-state index in [1.54, 1.807) is 0 Å². The van der Waals surface area contributed by atoms with Crippen LogP contribution in [0.15, 0.2) is 0 Å². The molecule has 0 bridgehead atoms. The Bertz CT molecular complexity index is 192. The Morgan fingerprint density at radius 3 is 2.55 bits per heavy atom. The average molecular weight is 149 g/mol. The molecular weight excluding hydrogens is 134 g/mol. The summed E-state index contributed by atoms with van der Waals surface area (Å²) in [4.78, 5) is 0. The minimum Gasteiger partial charge on any atom is -0.198 e. The number of rotatable bonds is 0. The number of hydrogen-bond acceptors (Lipinski definition) is 1. The predicted octanol–water partition coefficient (Wildman–Crippen LogP) is 2.87. The van der Waals surface area contributed by atoms with Gasteiger partial charge in [0.25, 0.3) is 0 Å². The molecule has 2 fully saturated rings. The van der Waals surface area contributed by atoms with Crippen molar-refractivity contribution in [3.63, 3.8) is 0 Å². The summed E-state index contributed by atoms with van der Waals surface area (Å²) in [5, 5.41) is 9.10. The Morgan fingerprint density at radius 2 is 1.82 bits per heavy atom. The van der Waals surface area contributed by atoms with Gasteiger partial charge >= 0.3 is 0 Å². The van der Waals surface area contributed by atoms with Gasteiger partial charge in [0.2, 0.25) is 0 Å². The molecule has 60 valence electrons. The van der Waals surface area contributed by atoms with Gasteiger partial charge in [-0.25, -0.2) is 0 Å². The van der Waals surface area contributed by atoms with Crippen molar-refractivity contribution >= 4 is 0 Å². The van der Waals surface area contributed by atoms with E-state index in [0.29, 0.717) is 0 Å². The third-order valence-electron chi connectivity index (χ3n) is 3.61. The van der Waals surface area contributed by atoms with Crippen molar-refractivity contribution in [2.45, 2.75) is 44.9 Å². The Labute approximate surface area is 68.4 Å². The van der Waals surface area contributed by atoms with Crippen LogP contribution in [0.4, 0.5) is 0 Å². The van der Waals surface area contributed by atoms with Gasteiger partial charge in [0.15, 0.2) is 0 Å². The Morgan fingerprint density at radius 1 is 1.09 bits per heavy atom. The largest absolute Gasteiger partial charge is 0.198 e. The summed E-state index contributed by atoms with van der Waals surface area (Å²) in [5.74, 6) is 0.765. The monoisotopic (exact) mass is 149 g/mol. The van der Waals surface area contributed by atoms with Crippen LogP contribution in [0.5, 0.6) is 0 Å².